The summed E-state index contributed by atoms with van der Waals surface area (Å²) in [6.07, 6.45) is 0.857. The number of aliphatic hydroxyl groups excluding tert-OH is 3. The number of primary amides is 1. The molecule has 3 rings (SSSR count). The number of aliphatic carboxylic acids is 1. The second-order valence-corrected chi connectivity index (χ2v) is 23.5. The Morgan fingerprint density at radius 3 is 1.74 bits per heavy atom. The van der Waals surface area contributed by atoms with Crippen molar-refractivity contribution in [1.82, 2.24) is 73.4 Å². The fraction of sp³-hybridized carbons (Fsp3) is 0.600. The van der Waals surface area contributed by atoms with Crippen molar-refractivity contribution in [2.45, 2.75) is 178 Å². The number of H-pyrrole nitrogens is 1. The zero-order valence-electron chi connectivity index (χ0n) is 55.1. The lowest BCUT2D eigenvalue weighted by molar-refractivity contribution is -0.143. The first kappa shape index (κ1) is 81.4. The van der Waals surface area contributed by atoms with Crippen LogP contribution >= 0.6 is 0 Å². The van der Waals surface area contributed by atoms with E-state index < -0.39 is 213 Å². The summed E-state index contributed by atoms with van der Waals surface area (Å²) in [6.45, 7) is 5.62. The smallest absolute Gasteiger partial charge is 0.322 e. The highest BCUT2D eigenvalue weighted by atomic mass is 16.4. The highest BCUT2D eigenvalue weighted by Gasteiger charge is 2.41. The molecule has 0 bridgehead atoms. The van der Waals surface area contributed by atoms with Gasteiger partial charge in [0.15, 0.2) is 5.96 Å². The molecule has 37 heteroatoms. The number of nitrogens with one attached hydrogen (secondary N) is 12. The molecule has 2 heterocycles. The van der Waals surface area contributed by atoms with Crippen molar-refractivity contribution in [3.05, 3.63) is 54.1 Å². The number of nitrogens with two attached hydrogens (primary N) is 4. The number of rotatable bonds is 42. The Balaban J connectivity index is 1.73. The van der Waals surface area contributed by atoms with Crippen LogP contribution < -0.4 is 81.4 Å². The fourth-order valence-electron chi connectivity index (χ4n) is 9.83. The average molecular weight is 1370 g/mol. The van der Waals surface area contributed by atoms with Gasteiger partial charge in [-0.05, 0) is 69.8 Å². The zero-order chi connectivity index (χ0) is 72.6. The third-order valence-electron chi connectivity index (χ3n) is 15.8. The summed E-state index contributed by atoms with van der Waals surface area (Å²) in [5.41, 5.74) is 23.3. The van der Waals surface area contributed by atoms with E-state index in [9.17, 15) is 82.4 Å². The number of benzene rings is 1. The van der Waals surface area contributed by atoms with Crippen LogP contribution in [0.3, 0.4) is 0 Å². The minimum absolute atomic E-state index is 0.0171. The lowest BCUT2D eigenvalue weighted by Gasteiger charge is -2.32. The van der Waals surface area contributed by atoms with Gasteiger partial charge in [0.2, 0.25) is 76.8 Å². The largest absolute Gasteiger partial charge is 0.480 e. The molecule has 14 atom stereocenters. The number of nitrogens with zero attached hydrogens (tertiary/aromatic N) is 3. The number of aliphatic imine (C=N–C) groups is 1. The molecule has 2 aromatic rings. The van der Waals surface area contributed by atoms with Crippen LogP contribution in [0.2, 0.25) is 0 Å². The molecule has 1 saturated heterocycles. The molecule has 538 valence electrons. The van der Waals surface area contributed by atoms with Crippen LogP contribution in [0.4, 0.5) is 0 Å². The topological polar surface area (TPSA) is 601 Å². The lowest BCUT2D eigenvalue weighted by atomic mass is 9.97. The predicted octanol–water partition coefficient (Wildman–Crippen LogP) is -8.01. The number of aliphatic hydroxyl groups is 3. The molecule has 0 aliphatic carbocycles. The van der Waals surface area contributed by atoms with Crippen LogP contribution in [0.5, 0.6) is 0 Å². The first-order valence-corrected chi connectivity index (χ1v) is 31.7. The Morgan fingerprint density at radius 1 is 0.629 bits per heavy atom. The van der Waals surface area contributed by atoms with Crippen molar-refractivity contribution in [3.63, 3.8) is 0 Å². The normalized spacial score (nSPS) is 16.6. The first-order chi connectivity index (χ1) is 45.8. The summed E-state index contributed by atoms with van der Waals surface area (Å²) >= 11 is 0. The summed E-state index contributed by atoms with van der Waals surface area (Å²) in [7, 11) is 0. The maximum atomic E-state index is 14.3. The van der Waals surface area contributed by atoms with Crippen molar-refractivity contribution < 1.29 is 87.5 Å². The van der Waals surface area contributed by atoms with E-state index in [-0.39, 0.29) is 50.4 Å². The first-order valence-electron chi connectivity index (χ1n) is 31.7. The number of amides is 13. The van der Waals surface area contributed by atoms with Crippen LogP contribution in [0.25, 0.3) is 0 Å². The number of hydrogen-bond acceptors (Lipinski definition) is 20. The second kappa shape index (κ2) is 41.2. The number of carboxylic acid groups (broad SMARTS) is 1. The Morgan fingerprint density at radius 2 is 1.18 bits per heavy atom. The molecule has 0 unspecified atom stereocenters. The van der Waals surface area contributed by atoms with Gasteiger partial charge >= 0.3 is 5.97 Å². The van der Waals surface area contributed by atoms with Crippen molar-refractivity contribution in [3.8, 4) is 0 Å². The van der Waals surface area contributed by atoms with Gasteiger partial charge < -0.3 is 112 Å². The number of guanidine groups is 1. The lowest BCUT2D eigenvalue weighted by Crippen LogP contribution is -2.62. The molecule has 1 aliphatic rings. The monoisotopic (exact) mass is 1370 g/mol. The highest BCUT2D eigenvalue weighted by Crippen LogP contribution is 2.22. The van der Waals surface area contributed by atoms with Crippen molar-refractivity contribution in [1.29, 1.82) is 0 Å². The molecule has 1 fully saturated rings. The van der Waals surface area contributed by atoms with E-state index in [0.717, 1.165) is 12.5 Å². The van der Waals surface area contributed by atoms with Gasteiger partial charge in [0.25, 0.3) is 0 Å². The zero-order valence-corrected chi connectivity index (χ0v) is 55.1. The molecule has 1 aliphatic heterocycles. The number of likely N-dealkylation sites (tertiary alicyclic amines) is 1. The summed E-state index contributed by atoms with van der Waals surface area (Å²) in [6, 6.07) is -7.31. The van der Waals surface area contributed by atoms with Gasteiger partial charge in [0.05, 0.1) is 38.2 Å². The maximum Gasteiger partial charge on any atom is 0.322 e. The van der Waals surface area contributed by atoms with Gasteiger partial charge in [0.1, 0.15) is 67.0 Å². The Bertz CT molecular complexity index is 3040. The minimum Gasteiger partial charge on any atom is -0.480 e. The number of aromatic nitrogens is 2. The molecular weight excluding hydrogens is 1270 g/mol. The van der Waals surface area contributed by atoms with E-state index in [0.29, 0.717) is 19.3 Å². The molecule has 37 nitrogen and oxygen atoms in total. The Hall–Kier alpha value is -9.88. The van der Waals surface area contributed by atoms with E-state index in [1.807, 2.05) is 0 Å². The number of hydrogen-bond donors (Lipinski definition) is 20. The number of imidazole rings is 1. The molecule has 0 radical (unpaired) electrons. The van der Waals surface area contributed by atoms with Gasteiger partial charge in [-0.3, -0.25) is 72.1 Å². The van der Waals surface area contributed by atoms with Gasteiger partial charge in [-0.25, -0.2) is 4.98 Å². The molecule has 97 heavy (non-hydrogen) atoms. The summed E-state index contributed by atoms with van der Waals surface area (Å²) in [4.78, 5) is 199. The third kappa shape index (κ3) is 27.4. The summed E-state index contributed by atoms with van der Waals surface area (Å²) in [5, 5.41) is 66.7. The van der Waals surface area contributed by atoms with E-state index in [4.69, 9.17) is 28.0 Å². The van der Waals surface area contributed by atoms with E-state index in [1.165, 1.54) is 24.3 Å². The molecular formula is C60H95N19O18. The highest BCUT2D eigenvalue weighted by molar-refractivity contribution is 5.99. The Labute approximate surface area is 559 Å². The van der Waals surface area contributed by atoms with Crippen molar-refractivity contribution >= 4 is 88.7 Å². The molecule has 0 spiro atoms. The Kier molecular flexibility index (Phi) is 34.5. The van der Waals surface area contributed by atoms with Crippen LogP contribution in [0.15, 0.2) is 47.8 Å². The SMILES string of the molecule is CC[C@H](C)[C@H](NC(=O)[C@@H](N)Cc1ccccc1)C(=O)N[C@@H](CO)C(=O)N[C@@H](CO)C(=O)N[C@@H](Cc1cnc[nH]1)C(=O)N[C@@H](CCC(N)=O)C(=O)N[C@H](C(=O)NCC(=O)N[C@H](C(=O)N1CCC[C@H]1C(=O)N[C@@H](C)C(=O)N[C@@H](CCCN=C(N)N)C(=O)NCC(=O)O)[C@@H](C)CC)[C@@H](C)O. The van der Waals surface area contributed by atoms with Crippen LogP contribution in [0, 0.1) is 11.8 Å². The number of carbonyl (C=O) groups is 14. The minimum atomic E-state index is -1.87. The molecule has 13 amide bonds. The standard InChI is InChI=1S/C60H95N19O18/c1-7-30(3)46(77-50(88)36(61)22-34-14-10-9-11-15-34)58(96)75-41(28-81)55(93)74-40(27-80)54(92)73-39(23-35-24-65-29-69-35)53(91)72-38(18-19-43(62)83)52(90)78-48(33(6)82)57(95)67-25-44(84)76-47(31(4)8-2)59(97)79-21-13-17-42(79)56(94)70-32(5)49(87)71-37(16-12-20-66-60(63)64)51(89)68-26-45(85)86/h9-11,14-15,24,29-33,36-42,46-48,80-82H,7-8,12-13,16-23,25-28,61H2,1-6H3,(H2,62,83)(H,65,69)(H,67,95)(H,68,89)(H,70,94)(H,71,87)(H,72,91)(H,73,92)(H,74,93)(H,75,96)(H,76,84)(H,77,88)(H,78,90)(H,85,86)(H4,63,64,66)/t30-,31-,32-,33+,36-,37-,38-,39-,40-,41-,42-,46-,47-,48-/m0/s1. The fourth-order valence-corrected chi connectivity index (χ4v) is 9.83. The molecule has 0 saturated carbocycles. The van der Waals surface area contributed by atoms with Crippen LogP contribution in [-0.2, 0) is 80.0 Å². The van der Waals surface area contributed by atoms with Crippen molar-refractivity contribution in [2.24, 2.45) is 39.8 Å². The number of aromatic amines is 1. The molecule has 24 N–H and O–H groups in total. The van der Waals surface area contributed by atoms with Gasteiger partial charge in [-0.1, -0.05) is 70.9 Å². The van der Waals surface area contributed by atoms with Crippen LogP contribution in [0.1, 0.15) is 104 Å². The van der Waals surface area contributed by atoms with Crippen LogP contribution in [-0.4, -0.2) is 236 Å². The molecule has 1 aromatic carbocycles. The quantitative estimate of drug-likeness (QED) is 0.0167. The van der Waals surface area contributed by atoms with Gasteiger partial charge in [-0.15, -0.1) is 0 Å². The van der Waals surface area contributed by atoms with E-state index in [1.54, 1.807) is 58.0 Å². The van der Waals surface area contributed by atoms with E-state index in [2.05, 4.69) is 73.4 Å². The summed E-state index contributed by atoms with van der Waals surface area (Å²) in [5.74, 6) is -15.0. The average Bonchev–Trinajstić information content (AvgIpc) is 1.80. The second-order valence-electron chi connectivity index (χ2n) is 23.5. The number of carboxylic acids is 1. The van der Waals surface area contributed by atoms with Crippen molar-refractivity contribution in [2.75, 3.05) is 39.4 Å². The predicted molar refractivity (Wildman–Crippen MR) is 345 cm³/mol. The third-order valence-corrected chi connectivity index (χ3v) is 15.8. The van der Waals surface area contributed by atoms with Gasteiger partial charge in [0, 0.05) is 37.8 Å². The van der Waals surface area contributed by atoms with E-state index >= 15 is 0 Å². The number of carbonyl (C=O) groups excluding carboxylic acids is 13. The maximum absolute atomic E-state index is 14.3. The summed E-state index contributed by atoms with van der Waals surface area (Å²) < 4.78 is 0. The molecule has 1 aromatic heterocycles. The van der Waals surface area contributed by atoms with Gasteiger partial charge in [-0.2, -0.15) is 0 Å².